The number of nitrogens with one attached hydrogen (secondary N) is 1. The Bertz CT molecular complexity index is 385. The number of hydrogen-bond donors (Lipinski definition) is 1. The number of rotatable bonds is 3. The zero-order chi connectivity index (χ0) is 11.5. The molecule has 0 bridgehead atoms. The largest absolute Gasteiger partial charge is 0.335 e. The molecule has 0 aromatic carbocycles. The smallest absolute Gasteiger partial charge is 0.177 e. The van der Waals surface area contributed by atoms with E-state index in [1.807, 2.05) is 0 Å². The topological polar surface area (TPSA) is 24.0 Å². The Morgan fingerprint density at radius 3 is 2.62 bits per heavy atom. The van der Waals surface area contributed by atoms with E-state index in [2.05, 4.69) is 34.5 Å². The fourth-order valence-electron chi connectivity index (χ4n) is 2.54. The van der Waals surface area contributed by atoms with E-state index in [0.717, 1.165) is 4.77 Å². The van der Waals surface area contributed by atoms with Crippen molar-refractivity contribution in [2.45, 2.75) is 39.2 Å². The van der Waals surface area contributed by atoms with Gasteiger partial charge in [0.2, 0.25) is 0 Å². The second kappa shape index (κ2) is 5.15. The van der Waals surface area contributed by atoms with E-state index >= 15 is 0 Å². The Morgan fingerprint density at radius 1 is 1.44 bits per heavy atom. The first-order valence-electron chi connectivity index (χ1n) is 6.21. The quantitative estimate of drug-likeness (QED) is 0.820. The van der Waals surface area contributed by atoms with Crippen molar-refractivity contribution in [1.29, 1.82) is 0 Å². The van der Waals surface area contributed by atoms with Gasteiger partial charge in [-0.1, -0.05) is 6.92 Å². The summed E-state index contributed by atoms with van der Waals surface area (Å²) < 4.78 is 3.12. The minimum atomic E-state index is 0.602. The molecule has 0 amide bonds. The number of aryl methyl sites for hydroxylation is 1. The van der Waals surface area contributed by atoms with Crippen LogP contribution in [0.25, 0.3) is 0 Å². The molecule has 3 nitrogen and oxygen atoms in total. The monoisotopic (exact) mass is 239 g/mol. The third-order valence-electron chi connectivity index (χ3n) is 3.36. The number of nitrogens with zero attached hydrogens (tertiary/aromatic N) is 2. The van der Waals surface area contributed by atoms with Crippen LogP contribution >= 0.6 is 12.2 Å². The molecule has 2 rings (SSSR count). The van der Waals surface area contributed by atoms with Crippen LogP contribution in [0.1, 0.15) is 37.9 Å². The molecule has 1 aromatic rings. The Hall–Kier alpha value is -0.610. The minimum absolute atomic E-state index is 0.602. The van der Waals surface area contributed by atoms with Crippen molar-refractivity contribution in [3.8, 4) is 0 Å². The standard InChI is InChI=1S/C12H21N3S/c1-3-6-14-7-4-11(5-8-14)15-9-10(2)13-12(15)16/h9,11H,3-8H2,1-2H3,(H,13,16). The van der Waals surface area contributed by atoms with Crippen LogP contribution in [-0.2, 0) is 0 Å². The second-order valence-corrected chi connectivity index (χ2v) is 5.11. The molecule has 1 N–H and O–H groups in total. The van der Waals surface area contributed by atoms with Gasteiger partial charge in [-0.25, -0.2) is 0 Å². The lowest BCUT2D eigenvalue weighted by Crippen LogP contribution is -2.35. The molecule has 1 aromatic heterocycles. The maximum atomic E-state index is 5.33. The van der Waals surface area contributed by atoms with Gasteiger partial charge in [0.1, 0.15) is 0 Å². The Labute approximate surface area is 102 Å². The zero-order valence-electron chi connectivity index (χ0n) is 10.2. The van der Waals surface area contributed by atoms with Gasteiger partial charge in [0.05, 0.1) is 0 Å². The second-order valence-electron chi connectivity index (χ2n) is 4.72. The molecule has 0 spiro atoms. The van der Waals surface area contributed by atoms with E-state index in [9.17, 15) is 0 Å². The summed E-state index contributed by atoms with van der Waals surface area (Å²) >= 11 is 5.33. The number of piperidine rings is 1. The molecule has 90 valence electrons. The van der Waals surface area contributed by atoms with E-state index in [0.29, 0.717) is 6.04 Å². The average Bonchev–Trinajstić information content (AvgIpc) is 2.59. The first kappa shape index (κ1) is 11.9. The van der Waals surface area contributed by atoms with Crippen LogP contribution in [0.4, 0.5) is 0 Å². The average molecular weight is 239 g/mol. The van der Waals surface area contributed by atoms with Crippen molar-refractivity contribution in [3.05, 3.63) is 16.7 Å². The normalized spacial score (nSPS) is 19.1. The van der Waals surface area contributed by atoms with Gasteiger partial charge in [0, 0.05) is 31.0 Å². The van der Waals surface area contributed by atoms with Crippen LogP contribution in [0.15, 0.2) is 6.20 Å². The Balaban J connectivity index is 1.99. The molecular weight excluding hydrogens is 218 g/mol. The number of aromatic nitrogens is 2. The van der Waals surface area contributed by atoms with Crippen LogP contribution in [0.2, 0.25) is 0 Å². The van der Waals surface area contributed by atoms with Crippen molar-refractivity contribution in [3.63, 3.8) is 0 Å². The van der Waals surface area contributed by atoms with Crippen LogP contribution in [0, 0.1) is 11.7 Å². The summed E-state index contributed by atoms with van der Waals surface area (Å²) in [5, 5.41) is 0. The van der Waals surface area contributed by atoms with Gasteiger partial charge >= 0.3 is 0 Å². The molecule has 2 heterocycles. The fraction of sp³-hybridized carbons (Fsp3) is 0.750. The minimum Gasteiger partial charge on any atom is -0.335 e. The summed E-state index contributed by atoms with van der Waals surface area (Å²) in [6.45, 7) is 7.98. The number of H-pyrrole nitrogens is 1. The molecule has 1 aliphatic rings. The predicted octanol–water partition coefficient (Wildman–Crippen LogP) is 2.90. The zero-order valence-corrected chi connectivity index (χ0v) is 11.0. The summed E-state index contributed by atoms with van der Waals surface area (Å²) in [5.41, 5.74) is 1.17. The highest BCUT2D eigenvalue weighted by molar-refractivity contribution is 7.71. The molecule has 1 aliphatic heterocycles. The summed E-state index contributed by atoms with van der Waals surface area (Å²) in [4.78, 5) is 5.76. The summed E-state index contributed by atoms with van der Waals surface area (Å²) in [5.74, 6) is 0. The van der Waals surface area contributed by atoms with Gasteiger partial charge in [-0.3, -0.25) is 0 Å². The summed E-state index contributed by atoms with van der Waals surface area (Å²) in [6, 6.07) is 0.602. The highest BCUT2D eigenvalue weighted by atomic mass is 32.1. The molecule has 1 fully saturated rings. The van der Waals surface area contributed by atoms with Crippen molar-refractivity contribution in [2.75, 3.05) is 19.6 Å². The van der Waals surface area contributed by atoms with E-state index in [4.69, 9.17) is 12.2 Å². The van der Waals surface area contributed by atoms with E-state index in [-0.39, 0.29) is 0 Å². The highest BCUT2D eigenvalue weighted by Crippen LogP contribution is 2.23. The predicted molar refractivity (Wildman–Crippen MR) is 69.4 cm³/mol. The van der Waals surface area contributed by atoms with Gasteiger partial charge in [-0.05, 0) is 44.9 Å². The van der Waals surface area contributed by atoms with E-state index in [1.165, 1.54) is 44.6 Å². The lowest BCUT2D eigenvalue weighted by molar-refractivity contribution is 0.186. The lowest BCUT2D eigenvalue weighted by Gasteiger charge is -2.32. The number of hydrogen-bond acceptors (Lipinski definition) is 2. The molecule has 1 saturated heterocycles. The lowest BCUT2D eigenvalue weighted by atomic mass is 10.0. The van der Waals surface area contributed by atoms with Gasteiger partial charge in [-0.15, -0.1) is 0 Å². The Kier molecular flexibility index (Phi) is 3.82. The molecule has 0 saturated carbocycles. The molecule has 4 heteroatoms. The van der Waals surface area contributed by atoms with Crippen molar-refractivity contribution in [1.82, 2.24) is 14.5 Å². The van der Waals surface area contributed by atoms with Crippen LogP contribution < -0.4 is 0 Å². The first-order chi connectivity index (χ1) is 7.70. The fourth-order valence-corrected chi connectivity index (χ4v) is 2.90. The molecule has 0 atom stereocenters. The van der Waals surface area contributed by atoms with Crippen LogP contribution in [0.3, 0.4) is 0 Å². The first-order valence-corrected chi connectivity index (χ1v) is 6.61. The Morgan fingerprint density at radius 2 is 2.12 bits per heavy atom. The van der Waals surface area contributed by atoms with Crippen LogP contribution in [0.5, 0.6) is 0 Å². The molecule has 0 unspecified atom stereocenters. The van der Waals surface area contributed by atoms with E-state index < -0.39 is 0 Å². The maximum absolute atomic E-state index is 5.33. The summed E-state index contributed by atoms with van der Waals surface area (Å²) in [7, 11) is 0. The van der Waals surface area contributed by atoms with Gasteiger partial charge in [0.15, 0.2) is 4.77 Å². The SMILES string of the molecule is CCCN1CCC(n2cc(C)[nH]c2=S)CC1. The third kappa shape index (κ3) is 2.55. The van der Waals surface area contributed by atoms with Gasteiger partial charge in [-0.2, -0.15) is 0 Å². The number of likely N-dealkylation sites (tertiary alicyclic amines) is 1. The molecule has 16 heavy (non-hydrogen) atoms. The van der Waals surface area contributed by atoms with Crippen LogP contribution in [-0.4, -0.2) is 34.1 Å². The third-order valence-corrected chi connectivity index (χ3v) is 3.67. The van der Waals surface area contributed by atoms with Crippen molar-refractivity contribution >= 4 is 12.2 Å². The molecular formula is C12H21N3S. The van der Waals surface area contributed by atoms with Crippen molar-refractivity contribution < 1.29 is 0 Å². The number of aromatic amines is 1. The highest BCUT2D eigenvalue weighted by Gasteiger charge is 2.20. The van der Waals surface area contributed by atoms with Gasteiger partial charge < -0.3 is 14.5 Å². The molecule has 0 aliphatic carbocycles. The van der Waals surface area contributed by atoms with Gasteiger partial charge in [0.25, 0.3) is 0 Å². The molecule has 0 radical (unpaired) electrons. The summed E-state index contributed by atoms with van der Waals surface area (Å²) in [6.07, 6.45) is 5.87. The number of imidazole rings is 1. The van der Waals surface area contributed by atoms with Crippen molar-refractivity contribution in [2.24, 2.45) is 0 Å². The maximum Gasteiger partial charge on any atom is 0.177 e. The van der Waals surface area contributed by atoms with E-state index in [1.54, 1.807) is 0 Å².